The molecular weight excluding hydrogens is 566 g/mol. The quantitative estimate of drug-likeness (QED) is 0.439. The molecule has 2 aliphatic rings. The first kappa shape index (κ1) is 29.7. The van der Waals surface area contributed by atoms with Crippen molar-refractivity contribution >= 4 is 11.7 Å². The maximum Gasteiger partial charge on any atom is 0.416 e. The lowest BCUT2D eigenvalue weighted by atomic mass is 10.1. The Labute approximate surface area is 237 Å². The largest absolute Gasteiger partial charge is 0.416 e. The number of urea groups is 1. The Balaban J connectivity index is 1.15. The van der Waals surface area contributed by atoms with Crippen molar-refractivity contribution in [3.05, 3.63) is 81.3 Å². The van der Waals surface area contributed by atoms with Gasteiger partial charge in [0.15, 0.2) is 0 Å². The van der Waals surface area contributed by atoms with Gasteiger partial charge in [0.25, 0.3) is 5.56 Å². The van der Waals surface area contributed by atoms with Crippen molar-refractivity contribution in [2.24, 2.45) is 7.05 Å². The SMILES string of the molecule is Cc1c(CN2CCN(C3CN(C(=O)Nc4cc(C(F)(F)F)cc(C(F)(F)F)c4)C3)CC2)c(=O)n(-c2ccccc2)n1C. The monoisotopic (exact) mass is 596 g/mol. The van der Waals surface area contributed by atoms with Gasteiger partial charge in [0.05, 0.1) is 22.4 Å². The third kappa shape index (κ3) is 6.04. The highest BCUT2D eigenvalue weighted by Crippen LogP contribution is 2.37. The van der Waals surface area contributed by atoms with Crippen LogP contribution in [0.4, 0.5) is 36.8 Å². The van der Waals surface area contributed by atoms with E-state index in [0.717, 1.165) is 16.9 Å². The van der Waals surface area contributed by atoms with Crippen molar-refractivity contribution in [3.8, 4) is 5.69 Å². The van der Waals surface area contributed by atoms with E-state index < -0.39 is 35.2 Å². The lowest BCUT2D eigenvalue weighted by Crippen LogP contribution is -2.64. The van der Waals surface area contributed by atoms with E-state index in [1.807, 2.05) is 49.0 Å². The topological polar surface area (TPSA) is 65.8 Å². The first-order valence-corrected chi connectivity index (χ1v) is 13.4. The van der Waals surface area contributed by atoms with E-state index in [1.165, 1.54) is 4.90 Å². The number of likely N-dealkylation sites (tertiary alicyclic amines) is 1. The number of para-hydroxylation sites is 1. The van der Waals surface area contributed by atoms with Crippen molar-refractivity contribution in [1.29, 1.82) is 0 Å². The zero-order chi connectivity index (χ0) is 30.4. The normalized spacial score (nSPS) is 17.4. The van der Waals surface area contributed by atoms with Crippen molar-refractivity contribution in [2.45, 2.75) is 31.9 Å². The number of nitrogens with zero attached hydrogens (tertiary/aromatic N) is 5. The lowest BCUT2D eigenvalue weighted by Gasteiger charge is -2.48. The van der Waals surface area contributed by atoms with Gasteiger partial charge in [0.1, 0.15) is 0 Å². The summed E-state index contributed by atoms with van der Waals surface area (Å²) in [6, 6.07) is 9.68. The molecule has 3 heterocycles. The van der Waals surface area contributed by atoms with Crippen LogP contribution < -0.4 is 10.9 Å². The molecular formula is C28H30F6N6O2. The molecule has 2 aromatic carbocycles. The molecule has 0 saturated carbocycles. The highest BCUT2D eigenvalue weighted by molar-refractivity contribution is 5.90. The zero-order valence-electron chi connectivity index (χ0n) is 23.0. The first-order chi connectivity index (χ1) is 19.7. The Morgan fingerprint density at radius 1 is 0.905 bits per heavy atom. The second-order valence-electron chi connectivity index (χ2n) is 10.6. The summed E-state index contributed by atoms with van der Waals surface area (Å²) in [5.74, 6) is 0. The van der Waals surface area contributed by atoms with Crippen LogP contribution in [-0.4, -0.2) is 75.4 Å². The number of anilines is 1. The molecule has 3 aromatic rings. The number of carbonyl (C=O) groups is 1. The number of carbonyl (C=O) groups excluding carboxylic acids is 1. The second kappa shape index (κ2) is 11.1. The van der Waals surface area contributed by atoms with Gasteiger partial charge >= 0.3 is 18.4 Å². The molecule has 5 rings (SSSR count). The minimum atomic E-state index is -5.00. The first-order valence-electron chi connectivity index (χ1n) is 13.4. The fourth-order valence-electron chi connectivity index (χ4n) is 5.40. The molecule has 0 spiro atoms. The van der Waals surface area contributed by atoms with Crippen LogP contribution in [0.15, 0.2) is 53.3 Å². The third-order valence-electron chi connectivity index (χ3n) is 7.97. The van der Waals surface area contributed by atoms with E-state index in [0.29, 0.717) is 57.9 Å². The number of halogens is 6. The molecule has 2 amide bonds. The van der Waals surface area contributed by atoms with Gasteiger partial charge in [-0.1, -0.05) is 18.2 Å². The molecule has 0 radical (unpaired) electrons. The summed E-state index contributed by atoms with van der Waals surface area (Å²) < 4.78 is 82.3. The standard InChI is InChI=1S/C28H30F6N6O2/c1-18-24(25(41)40(36(18)2)22-6-4-3-5-7-22)17-37-8-10-38(11-9-37)23-15-39(16-23)26(42)35-21-13-19(27(29,30)31)12-20(14-21)28(32,33)34/h3-7,12-14,23H,8-11,15-17H2,1-2H3,(H,35,42). The molecule has 2 aliphatic heterocycles. The van der Waals surface area contributed by atoms with E-state index in [1.54, 1.807) is 4.68 Å². The van der Waals surface area contributed by atoms with Crippen molar-refractivity contribution in [3.63, 3.8) is 0 Å². The molecule has 8 nitrogen and oxygen atoms in total. The van der Waals surface area contributed by atoms with Crippen LogP contribution in [-0.2, 0) is 25.9 Å². The highest BCUT2D eigenvalue weighted by Gasteiger charge is 2.39. The molecule has 1 N–H and O–H groups in total. The third-order valence-corrected chi connectivity index (χ3v) is 7.97. The minimum absolute atomic E-state index is 0.0208. The summed E-state index contributed by atoms with van der Waals surface area (Å²) in [5, 5.41) is 2.18. The minimum Gasteiger partial charge on any atom is -0.321 e. The number of amides is 2. The van der Waals surface area contributed by atoms with Gasteiger partial charge in [-0.15, -0.1) is 0 Å². The van der Waals surface area contributed by atoms with Gasteiger partial charge in [0.2, 0.25) is 0 Å². The van der Waals surface area contributed by atoms with Crippen molar-refractivity contribution in [1.82, 2.24) is 24.1 Å². The van der Waals surface area contributed by atoms with Gasteiger partial charge in [0, 0.05) is 70.3 Å². The number of nitrogens with one attached hydrogen (secondary N) is 1. The van der Waals surface area contributed by atoms with E-state index in [4.69, 9.17) is 0 Å². The number of hydrogen-bond donors (Lipinski definition) is 1. The van der Waals surface area contributed by atoms with Crippen LogP contribution in [0.5, 0.6) is 0 Å². The maximum absolute atomic E-state index is 13.2. The van der Waals surface area contributed by atoms with Gasteiger partial charge in [-0.2, -0.15) is 26.3 Å². The zero-order valence-corrected chi connectivity index (χ0v) is 23.0. The lowest BCUT2D eigenvalue weighted by molar-refractivity contribution is -0.143. The number of piperazine rings is 1. The van der Waals surface area contributed by atoms with E-state index >= 15 is 0 Å². The highest BCUT2D eigenvalue weighted by atomic mass is 19.4. The molecule has 0 unspecified atom stereocenters. The Bertz CT molecular complexity index is 1470. The summed E-state index contributed by atoms with van der Waals surface area (Å²) in [6.07, 6.45) is -10.00. The van der Waals surface area contributed by atoms with Crippen LogP contribution in [0, 0.1) is 6.92 Å². The van der Waals surface area contributed by atoms with Crippen molar-refractivity contribution in [2.75, 3.05) is 44.6 Å². The van der Waals surface area contributed by atoms with E-state index in [-0.39, 0.29) is 17.7 Å². The second-order valence-corrected chi connectivity index (χ2v) is 10.6. The molecule has 14 heteroatoms. The molecule has 0 aliphatic carbocycles. The average Bonchev–Trinajstić information content (AvgIpc) is 3.11. The number of alkyl halides is 6. The summed E-state index contributed by atoms with van der Waals surface area (Å²) in [4.78, 5) is 31.6. The van der Waals surface area contributed by atoms with Crippen molar-refractivity contribution < 1.29 is 31.1 Å². The van der Waals surface area contributed by atoms with Crippen LogP contribution >= 0.6 is 0 Å². The van der Waals surface area contributed by atoms with E-state index in [9.17, 15) is 35.9 Å². The Morgan fingerprint density at radius 3 is 2.02 bits per heavy atom. The van der Waals surface area contributed by atoms with Gasteiger partial charge in [-0.05, 0) is 37.3 Å². The smallest absolute Gasteiger partial charge is 0.321 e. The van der Waals surface area contributed by atoms with Gasteiger partial charge in [-0.25, -0.2) is 9.48 Å². The summed E-state index contributed by atoms with van der Waals surface area (Å²) in [6.45, 7) is 5.82. The predicted molar refractivity (Wildman–Crippen MR) is 143 cm³/mol. The summed E-state index contributed by atoms with van der Waals surface area (Å²) >= 11 is 0. The molecule has 2 fully saturated rings. The van der Waals surface area contributed by atoms with Gasteiger partial charge < -0.3 is 10.2 Å². The maximum atomic E-state index is 13.2. The molecule has 0 bridgehead atoms. The molecule has 42 heavy (non-hydrogen) atoms. The van der Waals surface area contributed by atoms with E-state index in [2.05, 4.69) is 15.1 Å². The van der Waals surface area contributed by atoms with Crippen LogP contribution in [0.2, 0.25) is 0 Å². The Kier molecular flexibility index (Phi) is 7.88. The van der Waals surface area contributed by atoms with Crippen LogP contribution in [0.3, 0.4) is 0 Å². The molecule has 0 atom stereocenters. The number of hydrogen-bond acceptors (Lipinski definition) is 4. The summed E-state index contributed by atoms with van der Waals surface area (Å²) in [5.41, 5.74) is -1.21. The number of benzene rings is 2. The van der Waals surface area contributed by atoms with Gasteiger partial charge in [-0.3, -0.25) is 19.3 Å². The fourth-order valence-corrected chi connectivity index (χ4v) is 5.40. The molecule has 2 saturated heterocycles. The Hall–Kier alpha value is -3.78. The van der Waals surface area contributed by atoms with Crippen LogP contribution in [0.1, 0.15) is 22.4 Å². The fraction of sp³-hybridized carbons (Fsp3) is 0.429. The average molecular weight is 597 g/mol. The molecule has 1 aromatic heterocycles. The number of rotatable bonds is 5. The predicted octanol–water partition coefficient (Wildman–Crippen LogP) is 4.56. The summed E-state index contributed by atoms with van der Waals surface area (Å²) in [7, 11) is 1.85. The molecule has 226 valence electrons. The number of aromatic nitrogens is 2. The van der Waals surface area contributed by atoms with Crippen LogP contribution in [0.25, 0.3) is 5.69 Å². The Morgan fingerprint density at radius 2 is 1.48 bits per heavy atom.